The lowest BCUT2D eigenvalue weighted by Gasteiger charge is -2.40. The number of allylic oxidation sites excluding steroid dienone is 20. The SMILES string of the molecule is CC/C=C\C/C=C\C/C=C\C/C=C\C/C=C\CCCCCC(=O)OCC(COC1OC(C(=O)O)C(O)C(O)C1OC(=O)CCCCCCC/C=C\C/C=C\CCC)OC(=O)CCCCCCCC/C=C\C/C=C\C/C=C\CCCCC. The van der Waals surface area contributed by atoms with E-state index in [1.165, 1.54) is 25.7 Å². The second-order valence-corrected chi connectivity index (χ2v) is 20.9. The minimum atomic E-state index is -1.92. The quantitative estimate of drug-likeness (QED) is 0.0228. The van der Waals surface area contributed by atoms with Gasteiger partial charge in [-0.05, 0) is 128 Å². The number of aliphatic hydroxyl groups excluding tert-OH is 2. The fourth-order valence-electron chi connectivity index (χ4n) is 8.67. The van der Waals surface area contributed by atoms with Crippen LogP contribution in [0.3, 0.4) is 0 Å². The summed E-state index contributed by atoms with van der Waals surface area (Å²) in [4.78, 5) is 51.3. The molecule has 12 heteroatoms. The summed E-state index contributed by atoms with van der Waals surface area (Å²) in [6.45, 7) is 5.74. The zero-order valence-corrected chi connectivity index (χ0v) is 50.5. The summed E-state index contributed by atoms with van der Waals surface area (Å²) in [7, 11) is 0. The highest BCUT2D eigenvalue weighted by Gasteiger charge is 2.50. The van der Waals surface area contributed by atoms with Gasteiger partial charge in [-0.25, -0.2) is 4.79 Å². The van der Waals surface area contributed by atoms with Crippen molar-refractivity contribution in [1.29, 1.82) is 0 Å². The molecule has 3 N–H and O–H groups in total. The normalized spacial score (nSPS) is 18.6. The lowest BCUT2D eigenvalue weighted by molar-refractivity contribution is -0.301. The first-order valence-corrected chi connectivity index (χ1v) is 31.5. The second kappa shape index (κ2) is 55.6. The molecule has 0 spiro atoms. The van der Waals surface area contributed by atoms with Crippen LogP contribution in [0.1, 0.15) is 239 Å². The van der Waals surface area contributed by atoms with Crippen LogP contribution in [0, 0.1) is 0 Å². The lowest BCUT2D eigenvalue weighted by atomic mass is 9.98. The van der Waals surface area contributed by atoms with Crippen molar-refractivity contribution in [2.24, 2.45) is 0 Å². The van der Waals surface area contributed by atoms with Crippen molar-refractivity contribution in [3.8, 4) is 0 Å². The zero-order valence-electron chi connectivity index (χ0n) is 50.5. The van der Waals surface area contributed by atoms with Gasteiger partial charge in [-0.15, -0.1) is 0 Å². The van der Waals surface area contributed by atoms with Gasteiger partial charge < -0.3 is 39.0 Å². The number of ether oxygens (including phenoxy) is 5. The first kappa shape index (κ1) is 74.1. The molecule has 1 aliphatic rings. The number of rotatable bonds is 52. The van der Waals surface area contributed by atoms with E-state index in [0.717, 1.165) is 154 Å². The predicted octanol–water partition coefficient (Wildman–Crippen LogP) is 16.8. The maximum atomic E-state index is 13.2. The average Bonchev–Trinajstić information content (AvgIpc) is 3.46. The van der Waals surface area contributed by atoms with Crippen LogP contribution in [0.5, 0.6) is 0 Å². The van der Waals surface area contributed by atoms with Crippen LogP contribution in [-0.2, 0) is 42.9 Å². The summed E-state index contributed by atoms with van der Waals surface area (Å²) in [6.07, 6.45) is 64.4. The molecule has 458 valence electrons. The molecule has 81 heavy (non-hydrogen) atoms. The van der Waals surface area contributed by atoms with Crippen molar-refractivity contribution in [2.75, 3.05) is 13.2 Å². The molecule has 6 unspecified atom stereocenters. The number of carbonyl (C=O) groups excluding carboxylic acids is 3. The van der Waals surface area contributed by atoms with E-state index >= 15 is 0 Å². The maximum Gasteiger partial charge on any atom is 0.335 e. The Bertz CT molecular complexity index is 1870. The van der Waals surface area contributed by atoms with E-state index in [2.05, 4.69) is 142 Å². The summed E-state index contributed by atoms with van der Waals surface area (Å²) in [6, 6.07) is 0. The van der Waals surface area contributed by atoms with Gasteiger partial charge in [0.2, 0.25) is 0 Å². The standard InChI is InChI=1S/C69H110O12/c1-4-7-10-13-16-19-22-25-27-29-31-33-35-38-40-43-46-49-52-55-61(70)77-58-60(79-62(71)56-53-50-47-44-42-39-36-34-32-30-28-26-23-20-17-14-11-8-5-2)59-78-69-67(65(74)64(73)66(81-69)68(75)76)80-63(72)57-54-51-48-45-41-37-24-21-18-15-12-9-6-3/h7,10,12,15-17,19-21,24-28,31-34,38,40,60,64-67,69,73-74H,4-6,8-9,11,13-14,18,22-23,29-30,35-37,39,41-59H2,1-3H3,(H,75,76)/b10-7-,15-12-,19-16-,20-17-,24-21-,27-25-,28-26-,33-31-,34-32-,40-38-. The molecule has 6 atom stereocenters. The molecule has 0 aromatic carbocycles. The Kier molecular flexibility index (Phi) is 50.9. The van der Waals surface area contributed by atoms with Gasteiger partial charge in [0.15, 0.2) is 24.6 Å². The summed E-state index contributed by atoms with van der Waals surface area (Å²) < 4.78 is 28.4. The van der Waals surface area contributed by atoms with Gasteiger partial charge >= 0.3 is 23.9 Å². The van der Waals surface area contributed by atoms with E-state index in [4.69, 9.17) is 23.7 Å². The van der Waals surface area contributed by atoms with Crippen molar-refractivity contribution in [3.63, 3.8) is 0 Å². The first-order chi connectivity index (χ1) is 39.6. The summed E-state index contributed by atoms with van der Waals surface area (Å²) in [5, 5.41) is 31.5. The third-order valence-corrected chi connectivity index (χ3v) is 13.5. The molecule has 12 nitrogen and oxygen atoms in total. The Balaban J connectivity index is 2.72. The fourth-order valence-corrected chi connectivity index (χ4v) is 8.67. The lowest BCUT2D eigenvalue weighted by Crippen LogP contribution is -2.61. The first-order valence-electron chi connectivity index (χ1n) is 31.5. The number of unbranched alkanes of at least 4 members (excludes halogenated alkanes) is 18. The van der Waals surface area contributed by atoms with Crippen molar-refractivity contribution < 1.29 is 58.2 Å². The van der Waals surface area contributed by atoms with Crippen LogP contribution < -0.4 is 0 Å². The van der Waals surface area contributed by atoms with Gasteiger partial charge in [0.05, 0.1) is 6.61 Å². The van der Waals surface area contributed by atoms with Crippen LogP contribution in [0.2, 0.25) is 0 Å². The van der Waals surface area contributed by atoms with Gasteiger partial charge in [0.25, 0.3) is 0 Å². The van der Waals surface area contributed by atoms with Crippen molar-refractivity contribution >= 4 is 23.9 Å². The molecule has 0 aliphatic carbocycles. The number of esters is 3. The molecular formula is C69H110O12. The molecule has 1 fully saturated rings. The number of hydrogen-bond donors (Lipinski definition) is 3. The third-order valence-electron chi connectivity index (χ3n) is 13.5. The van der Waals surface area contributed by atoms with Crippen LogP contribution in [0.15, 0.2) is 122 Å². The number of aliphatic hydroxyl groups is 2. The zero-order chi connectivity index (χ0) is 58.9. The molecule has 0 radical (unpaired) electrons. The van der Waals surface area contributed by atoms with Gasteiger partial charge in [-0.2, -0.15) is 0 Å². The molecule has 1 aliphatic heterocycles. The topological polar surface area (TPSA) is 175 Å². The maximum absolute atomic E-state index is 13.2. The van der Waals surface area contributed by atoms with Gasteiger partial charge in [0, 0.05) is 19.3 Å². The molecule has 0 aromatic rings. The van der Waals surface area contributed by atoms with E-state index in [1.807, 2.05) is 0 Å². The number of aliphatic carboxylic acids is 1. The predicted molar refractivity (Wildman–Crippen MR) is 330 cm³/mol. The molecular weight excluding hydrogens is 1020 g/mol. The van der Waals surface area contributed by atoms with E-state index in [1.54, 1.807) is 0 Å². The summed E-state index contributed by atoms with van der Waals surface area (Å²) >= 11 is 0. The summed E-state index contributed by atoms with van der Waals surface area (Å²) in [5.41, 5.74) is 0. The highest BCUT2D eigenvalue weighted by Crippen LogP contribution is 2.26. The van der Waals surface area contributed by atoms with Crippen molar-refractivity contribution in [3.05, 3.63) is 122 Å². The van der Waals surface area contributed by atoms with Crippen molar-refractivity contribution in [2.45, 2.75) is 276 Å². The van der Waals surface area contributed by atoms with Gasteiger partial charge in [-0.3, -0.25) is 14.4 Å². The van der Waals surface area contributed by atoms with Gasteiger partial charge in [0.1, 0.15) is 18.8 Å². The highest BCUT2D eigenvalue weighted by atomic mass is 16.7. The number of carboxylic acid groups (broad SMARTS) is 1. The van der Waals surface area contributed by atoms with Gasteiger partial charge in [-0.1, -0.05) is 213 Å². The molecule has 1 heterocycles. The Labute approximate surface area is 490 Å². The van der Waals surface area contributed by atoms with Crippen LogP contribution in [0.25, 0.3) is 0 Å². The third kappa shape index (κ3) is 45.3. The largest absolute Gasteiger partial charge is 0.479 e. The number of carbonyl (C=O) groups is 4. The second-order valence-electron chi connectivity index (χ2n) is 20.9. The monoisotopic (exact) mass is 1130 g/mol. The minimum absolute atomic E-state index is 0.0330. The Hall–Kier alpha value is -4.88. The average molecular weight is 1130 g/mol. The Morgan fingerprint density at radius 3 is 1.25 bits per heavy atom. The molecule has 0 saturated carbocycles. The highest BCUT2D eigenvalue weighted by molar-refractivity contribution is 5.74. The Morgan fingerprint density at radius 2 is 0.802 bits per heavy atom. The summed E-state index contributed by atoms with van der Waals surface area (Å²) in [5.74, 6) is -3.21. The molecule has 0 bridgehead atoms. The molecule has 0 amide bonds. The van der Waals surface area contributed by atoms with Crippen LogP contribution >= 0.6 is 0 Å². The Morgan fingerprint density at radius 1 is 0.420 bits per heavy atom. The molecule has 0 aromatic heterocycles. The van der Waals surface area contributed by atoms with E-state index in [0.29, 0.717) is 19.3 Å². The fraction of sp³-hybridized carbons (Fsp3) is 0.652. The van der Waals surface area contributed by atoms with Crippen LogP contribution in [0.4, 0.5) is 0 Å². The van der Waals surface area contributed by atoms with E-state index < -0.39 is 67.3 Å². The number of carboxylic acids is 1. The molecule has 1 saturated heterocycles. The molecule has 1 rings (SSSR count). The number of hydrogen-bond acceptors (Lipinski definition) is 11. The smallest absolute Gasteiger partial charge is 0.335 e. The van der Waals surface area contributed by atoms with Crippen molar-refractivity contribution in [1.82, 2.24) is 0 Å². The van der Waals surface area contributed by atoms with Crippen LogP contribution in [-0.4, -0.2) is 89.2 Å². The van der Waals surface area contributed by atoms with E-state index in [9.17, 15) is 34.5 Å². The minimum Gasteiger partial charge on any atom is -0.479 e. The van der Waals surface area contributed by atoms with E-state index in [-0.39, 0.29) is 25.9 Å².